The van der Waals surface area contributed by atoms with Gasteiger partial charge in [0.2, 0.25) is 0 Å². The third kappa shape index (κ3) is 6.48. The number of hydrogen-bond donors (Lipinski definition) is 2. The van der Waals surface area contributed by atoms with Crippen LogP contribution in [0.2, 0.25) is 0 Å². The number of rotatable bonds is 7. The van der Waals surface area contributed by atoms with Gasteiger partial charge < -0.3 is 20.1 Å². The van der Waals surface area contributed by atoms with E-state index in [0.29, 0.717) is 24.0 Å². The Morgan fingerprint density at radius 1 is 1.28 bits per heavy atom. The van der Waals surface area contributed by atoms with Crippen molar-refractivity contribution in [3.05, 3.63) is 52.6 Å². The first-order valence-electron chi connectivity index (χ1n) is 11.2. The van der Waals surface area contributed by atoms with E-state index in [1.165, 1.54) is 0 Å². The van der Waals surface area contributed by atoms with Crippen molar-refractivity contribution in [3.63, 3.8) is 0 Å². The molecule has 0 spiro atoms. The molecule has 0 amide bonds. The number of nitrogens with one attached hydrogen (secondary N) is 1. The van der Waals surface area contributed by atoms with E-state index in [1.807, 2.05) is 25.1 Å². The maximum absolute atomic E-state index is 11.3. The largest absolute Gasteiger partial charge is 0.497 e. The number of halogens is 1. The Balaban J connectivity index is 1.71. The zero-order chi connectivity index (χ0) is 23.3. The molecule has 174 valence electrons. The van der Waals surface area contributed by atoms with Crippen molar-refractivity contribution in [1.29, 1.82) is 0 Å². The van der Waals surface area contributed by atoms with Crippen LogP contribution in [0.1, 0.15) is 51.5 Å². The molecule has 0 radical (unpaired) electrons. The number of allylic oxidation sites excluding steroid dienone is 2. The SMILES string of the molecule is COc1ccc(CN(CC2CCC(C(=O)O)CC2)C(=S)NC2(C)C=CC(C)=C(Cl)C2)cc1. The number of ether oxygens (including phenoxy) is 1. The molecule has 0 saturated heterocycles. The minimum atomic E-state index is -0.673. The highest BCUT2D eigenvalue weighted by atomic mass is 35.5. The number of aliphatic carboxylic acids is 1. The number of benzene rings is 1. The normalized spacial score (nSPS) is 25.4. The second-order valence-electron chi connectivity index (χ2n) is 9.23. The lowest BCUT2D eigenvalue weighted by Crippen LogP contribution is -2.52. The van der Waals surface area contributed by atoms with E-state index in [1.54, 1.807) is 7.11 Å². The molecule has 0 heterocycles. The molecule has 2 aliphatic rings. The van der Waals surface area contributed by atoms with Crippen molar-refractivity contribution in [3.8, 4) is 5.75 Å². The van der Waals surface area contributed by atoms with Crippen LogP contribution >= 0.6 is 23.8 Å². The summed E-state index contributed by atoms with van der Waals surface area (Å²) in [7, 11) is 1.66. The summed E-state index contributed by atoms with van der Waals surface area (Å²) < 4.78 is 5.28. The summed E-state index contributed by atoms with van der Waals surface area (Å²) in [6.45, 7) is 5.60. The van der Waals surface area contributed by atoms with Gasteiger partial charge in [0.15, 0.2) is 5.11 Å². The van der Waals surface area contributed by atoms with Crippen LogP contribution in [0.15, 0.2) is 47.0 Å². The van der Waals surface area contributed by atoms with Gasteiger partial charge in [-0.2, -0.15) is 0 Å². The molecule has 3 rings (SSSR count). The fraction of sp³-hybridized carbons (Fsp3) is 0.520. The molecule has 2 aliphatic carbocycles. The number of thiocarbonyl (C=S) groups is 1. The van der Waals surface area contributed by atoms with Crippen LogP contribution in [0, 0.1) is 11.8 Å². The summed E-state index contributed by atoms with van der Waals surface area (Å²) in [5.41, 5.74) is 1.89. The number of nitrogens with zero attached hydrogens (tertiary/aromatic N) is 1. The molecule has 1 atom stereocenters. The van der Waals surface area contributed by atoms with Crippen LogP contribution in [-0.4, -0.2) is 40.3 Å². The molecule has 0 bridgehead atoms. The number of carboxylic acids is 1. The Bertz CT molecular complexity index is 891. The zero-order valence-corrected chi connectivity index (χ0v) is 20.6. The summed E-state index contributed by atoms with van der Waals surface area (Å²) in [6.07, 6.45) is 8.14. The number of carboxylic acid groups (broad SMARTS) is 1. The average Bonchev–Trinajstić information content (AvgIpc) is 2.77. The van der Waals surface area contributed by atoms with Crippen LogP contribution in [0.25, 0.3) is 0 Å². The van der Waals surface area contributed by atoms with Crippen LogP contribution in [0.5, 0.6) is 5.75 Å². The van der Waals surface area contributed by atoms with E-state index in [-0.39, 0.29) is 11.5 Å². The van der Waals surface area contributed by atoms with Gasteiger partial charge >= 0.3 is 5.97 Å². The molecule has 1 aromatic carbocycles. The lowest BCUT2D eigenvalue weighted by molar-refractivity contribution is -0.143. The Morgan fingerprint density at radius 3 is 2.50 bits per heavy atom. The number of methoxy groups -OCH3 is 1. The summed E-state index contributed by atoms with van der Waals surface area (Å²) in [6, 6.07) is 8.03. The first kappa shape index (κ1) is 24.6. The molecule has 1 aromatic rings. The third-order valence-corrected chi connectivity index (χ3v) is 7.33. The molecule has 0 aromatic heterocycles. The van der Waals surface area contributed by atoms with Gasteiger partial charge in [-0.1, -0.05) is 35.9 Å². The van der Waals surface area contributed by atoms with E-state index in [9.17, 15) is 9.90 Å². The van der Waals surface area contributed by atoms with Crippen molar-refractivity contribution in [2.75, 3.05) is 13.7 Å². The van der Waals surface area contributed by atoms with Crippen molar-refractivity contribution < 1.29 is 14.6 Å². The van der Waals surface area contributed by atoms with Gasteiger partial charge in [0, 0.05) is 24.5 Å². The first-order valence-corrected chi connectivity index (χ1v) is 11.9. The Morgan fingerprint density at radius 2 is 1.94 bits per heavy atom. The Kier molecular flexibility index (Phi) is 8.23. The van der Waals surface area contributed by atoms with Crippen LogP contribution in [-0.2, 0) is 11.3 Å². The minimum Gasteiger partial charge on any atom is -0.497 e. The smallest absolute Gasteiger partial charge is 0.306 e. The lowest BCUT2D eigenvalue weighted by atomic mass is 9.82. The van der Waals surface area contributed by atoms with Crippen LogP contribution < -0.4 is 10.1 Å². The maximum Gasteiger partial charge on any atom is 0.306 e. The van der Waals surface area contributed by atoms with Crippen molar-refractivity contribution in [1.82, 2.24) is 10.2 Å². The summed E-state index contributed by atoms with van der Waals surface area (Å²) in [5, 5.41) is 14.4. The predicted molar refractivity (Wildman–Crippen MR) is 133 cm³/mol. The molecule has 1 saturated carbocycles. The van der Waals surface area contributed by atoms with Crippen LogP contribution in [0.4, 0.5) is 0 Å². The number of carbonyl (C=O) groups is 1. The van der Waals surface area contributed by atoms with E-state index in [0.717, 1.165) is 54.1 Å². The van der Waals surface area contributed by atoms with Gasteiger partial charge in [-0.3, -0.25) is 4.79 Å². The van der Waals surface area contributed by atoms with E-state index >= 15 is 0 Å². The quantitative estimate of drug-likeness (QED) is 0.507. The predicted octanol–water partition coefficient (Wildman–Crippen LogP) is 5.49. The molecule has 0 aliphatic heterocycles. The third-order valence-electron chi connectivity index (χ3n) is 6.54. The second-order valence-corrected chi connectivity index (χ2v) is 10.1. The average molecular weight is 477 g/mol. The summed E-state index contributed by atoms with van der Waals surface area (Å²) in [4.78, 5) is 13.5. The molecule has 1 unspecified atom stereocenters. The van der Waals surface area contributed by atoms with Gasteiger partial charge in [0.25, 0.3) is 0 Å². The highest BCUT2D eigenvalue weighted by molar-refractivity contribution is 7.80. The van der Waals surface area contributed by atoms with Gasteiger partial charge in [-0.15, -0.1) is 0 Å². The Hall–Kier alpha value is -2.05. The highest BCUT2D eigenvalue weighted by Crippen LogP contribution is 2.32. The van der Waals surface area contributed by atoms with Gasteiger partial charge in [0.05, 0.1) is 18.6 Å². The molecular formula is C25H33ClN2O3S. The molecular weight excluding hydrogens is 444 g/mol. The van der Waals surface area contributed by atoms with Crippen molar-refractivity contribution >= 4 is 34.9 Å². The molecule has 1 fully saturated rings. The standard InChI is InChI=1S/C25H33ClN2O3S/c1-17-12-13-25(2,14-22(17)26)27-24(32)28(16-19-6-10-21(31-3)11-7-19)15-18-4-8-20(9-5-18)23(29)30/h6-7,10-13,18,20H,4-5,8-9,14-16H2,1-3H3,(H,27,32)(H,29,30). The van der Waals surface area contributed by atoms with E-state index in [2.05, 4.69) is 35.3 Å². The monoisotopic (exact) mass is 476 g/mol. The minimum absolute atomic E-state index is 0.213. The Labute approximate surface area is 201 Å². The topological polar surface area (TPSA) is 61.8 Å². The fourth-order valence-electron chi connectivity index (χ4n) is 4.40. The molecule has 2 N–H and O–H groups in total. The van der Waals surface area contributed by atoms with Crippen molar-refractivity contribution in [2.45, 2.75) is 58.0 Å². The van der Waals surface area contributed by atoms with Gasteiger partial charge in [-0.05, 0) is 80.9 Å². The fourth-order valence-corrected chi connectivity index (χ4v) is 5.12. The van der Waals surface area contributed by atoms with E-state index in [4.69, 9.17) is 28.6 Å². The van der Waals surface area contributed by atoms with Crippen molar-refractivity contribution in [2.24, 2.45) is 11.8 Å². The molecule has 32 heavy (non-hydrogen) atoms. The summed E-state index contributed by atoms with van der Waals surface area (Å²) in [5.74, 6) is 0.358. The van der Waals surface area contributed by atoms with E-state index < -0.39 is 5.97 Å². The maximum atomic E-state index is 11.3. The first-order chi connectivity index (χ1) is 15.2. The highest BCUT2D eigenvalue weighted by Gasteiger charge is 2.30. The van der Waals surface area contributed by atoms with Crippen LogP contribution in [0.3, 0.4) is 0 Å². The zero-order valence-electron chi connectivity index (χ0n) is 19.1. The van der Waals surface area contributed by atoms with Gasteiger partial charge in [0.1, 0.15) is 5.75 Å². The number of hydrogen-bond acceptors (Lipinski definition) is 3. The second kappa shape index (κ2) is 10.7. The van der Waals surface area contributed by atoms with Gasteiger partial charge in [-0.25, -0.2) is 0 Å². The summed E-state index contributed by atoms with van der Waals surface area (Å²) >= 11 is 12.3. The molecule has 5 nitrogen and oxygen atoms in total. The molecule has 7 heteroatoms. The lowest BCUT2D eigenvalue weighted by Gasteiger charge is -2.38.